The zero-order chi connectivity index (χ0) is 32.0. The van der Waals surface area contributed by atoms with Crippen LogP contribution in [0.5, 0.6) is 0 Å². The molecule has 0 unspecified atom stereocenters. The van der Waals surface area contributed by atoms with Gasteiger partial charge in [-0.3, -0.25) is 14.4 Å². The Balaban J connectivity index is 1.88. The summed E-state index contributed by atoms with van der Waals surface area (Å²) in [6.07, 6.45) is -0.937. The molecule has 0 bridgehead atoms. The van der Waals surface area contributed by atoms with Crippen LogP contribution in [0.25, 0.3) is 0 Å². The summed E-state index contributed by atoms with van der Waals surface area (Å²) in [4.78, 5) is 55.7. The standard InChI is InChI=1S/C28H27Cl4F2N3O6/c1-27(2,3)25(40)43-12-42-24(39)20-17-8-15(31)9-18(32)22(17)35-26(41)37-11-28(33,34)10-19(37)21(20)23(38)36(4)16-6-13(29)5-14(30)7-16/h5-9,19-21H,10-12H2,1-4H3,(H,35,41)/t19-,20+,21+/m0/s1. The van der Waals surface area contributed by atoms with Crippen molar-refractivity contribution in [3.05, 3.63) is 56.0 Å². The predicted molar refractivity (Wildman–Crippen MR) is 158 cm³/mol. The summed E-state index contributed by atoms with van der Waals surface area (Å²) in [6, 6.07) is 4.40. The molecule has 3 amide bonds. The number of alkyl halides is 2. The van der Waals surface area contributed by atoms with Crippen LogP contribution in [0.2, 0.25) is 20.1 Å². The van der Waals surface area contributed by atoms with Gasteiger partial charge >= 0.3 is 18.0 Å². The van der Waals surface area contributed by atoms with E-state index in [0.717, 1.165) is 9.80 Å². The molecule has 0 spiro atoms. The van der Waals surface area contributed by atoms with E-state index in [-0.39, 0.29) is 37.0 Å². The van der Waals surface area contributed by atoms with Gasteiger partial charge in [0, 0.05) is 34.2 Å². The lowest BCUT2D eigenvalue weighted by molar-refractivity contribution is -0.175. The second kappa shape index (κ2) is 12.3. The van der Waals surface area contributed by atoms with Gasteiger partial charge in [-0.1, -0.05) is 46.4 Å². The smallest absolute Gasteiger partial charge is 0.322 e. The van der Waals surface area contributed by atoms with E-state index >= 15 is 0 Å². The Kier molecular flexibility index (Phi) is 9.42. The van der Waals surface area contributed by atoms with E-state index in [0.29, 0.717) is 0 Å². The molecule has 2 aromatic rings. The second-order valence-corrected chi connectivity index (χ2v) is 13.0. The molecule has 0 aromatic heterocycles. The Hall–Kier alpha value is -2.86. The summed E-state index contributed by atoms with van der Waals surface area (Å²) in [6.45, 7) is 2.93. The first-order valence-corrected chi connectivity index (χ1v) is 14.4. The van der Waals surface area contributed by atoms with E-state index in [4.69, 9.17) is 55.9 Å². The normalized spacial score (nSPS) is 21.1. The maximum absolute atomic E-state index is 15.0. The Morgan fingerprint density at radius 1 is 1.02 bits per heavy atom. The van der Waals surface area contributed by atoms with E-state index in [1.165, 1.54) is 37.4 Å². The van der Waals surface area contributed by atoms with Crippen molar-refractivity contribution in [1.82, 2.24) is 4.90 Å². The lowest BCUT2D eigenvalue weighted by Crippen LogP contribution is -2.53. The summed E-state index contributed by atoms with van der Waals surface area (Å²) in [5.74, 6) is -9.32. The number of anilines is 2. The van der Waals surface area contributed by atoms with Crippen LogP contribution in [0.4, 0.5) is 25.0 Å². The number of hydrogen-bond acceptors (Lipinski definition) is 6. The number of carbonyl (C=O) groups is 4. The minimum absolute atomic E-state index is 0.0327. The third kappa shape index (κ3) is 7.11. The molecule has 0 radical (unpaired) electrons. The molecule has 2 aromatic carbocycles. The average molecular weight is 681 g/mol. The number of ether oxygens (including phenoxy) is 2. The molecular weight excluding hydrogens is 654 g/mol. The number of rotatable bonds is 5. The molecule has 9 nitrogen and oxygen atoms in total. The Morgan fingerprint density at radius 2 is 1.63 bits per heavy atom. The second-order valence-electron chi connectivity index (χ2n) is 11.3. The Morgan fingerprint density at radius 3 is 2.23 bits per heavy atom. The predicted octanol–water partition coefficient (Wildman–Crippen LogP) is 7.01. The van der Waals surface area contributed by atoms with Crippen LogP contribution in [0.3, 0.4) is 0 Å². The van der Waals surface area contributed by atoms with Crippen molar-refractivity contribution in [2.75, 3.05) is 30.6 Å². The maximum atomic E-state index is 15.0. The SMILES string of the molecule is CN(C(=O)[C@H]1[C@H](C(=O)OCOC(=O)C(C)(C)C)c2cc(Cl)cc(Cl)c2NC(=O)N2CC(F)(F)C[C@@H]12)c1cc(Cl)cc(Cl)c1. The summed E-state index contributed by atoms with van der Waals surface area (Å²) in [5.41, 5.74) is -0.894. The van der Waals surface area contributed by atoms with Gasteiger partial charge in [0.2, 0.25) is 12.7 Å². The minimum atomic E-state index is -3.40. The largest absolute Gasteiger partial charge is 0.427 e. The number of esters is 2. The highest BCUT2D eigenvalue weighted by molar-refractivity contribution is 6.37. The van der Waals surface area contributed by atoms with Gasteiger partial charge < -0.3 is 24.6 Å². The van der Waals surface area contributed by atoms with E-state index in [2.05, 4.69) is 5.32 Å². The number of hydrogen-bond donors (Lipinski definition) is 1. The Bertz CT molecular complexity index is 1460. The third-order valence-corrected chi connectivity index (χ3v) is 8.06. The highest BCUT2D eigenvalue weighted by Crippen LogP contribution is 2.47. The number of nitrogens with one attached hydrogen (secondary N) is 1. The lowest BCUT2D eigenvalue weighted by Gasteiger charge is -2.39. The Labute approximate surface area is 266 Å². The molecule has 3 atom stereocenters. The summed E-state index contributed by atoms with van der Waals surface area (Å²) >= 11 is 25.0. The maximum Gasteiger partial charge on any atom is 0.322 e. The van der Waals surface area contributed by atoms with Crippen LogP contribution in [0.15, 0.2) is 30.3 Å². The fourth-order valence-corrected chi connectivity index (χ4v) is 6.14. The molecule has 2 aliphatic rings. The minimum Gasteiger partial charge on any atom is -0.427 e. The van der Waals surface area contributed by atoms with Gasteiger partial charge in [-0.15, -0.1) is 0 Å². The van der Waals surface area contributed by atoms with Crippen molar-refractivity contribution >= 4 is 81.7 Å². The number of carbonyl (C=O) groups excluding carboxylic acids is 4. The van der Waals surface area contributed by atoms with Crippen molar-refractivity contribution in [3.8, 4) is 0 Å². The van der Waals surface area contributed by atoms with Crippen LogP contribution in [-0.4, -0.2) is 61.1 Å². The van der Waals surface area contributed by atoms with Gasteiger partial charge in [-0.25, -0.2) is 13.6 Å². The summed E-state index contributed by atoms with van der Waals surface area (Å²) < 4.78 is 40.3. The van der Waals surface area contributed by atoms with Gasteiger partial charge in [0.15, 0.2) is 0 Å². The third-order valence-electron chi connectivity index (χ3n) is 7.10. The molecule has 1 N–H and O–H groups in total. The molecule has 0 saturated carbocycles. The number of fused-ring (bicyclic) bond motifs is 2. The fraction of sp³-hybridized carbons (Fsp3) is 0.429. The summed E-state index contributed by atoms with van der Waals surface area (Å²) in [5, 5.41) is 2.79. The molecule has 2 aliphatic heterocycles. The first-order valence-electron chi connectivity index (χ1n) is 12.9. The molecule has 1 saturated heterocycles. The highest BCUT2D eigenvalue weighted by atomic mass is 35.5. The van der Waals surface area contributed by atoms with Gasteiger partial charge in [0.25, 0.3) is 5.92 Å². The van der Waals surface area contributed by atoms with Crippen molar-refractivity contribution in [1.29, 1.82) is 0 Å². The van der Waals surface area contributed by atoms with E-state index in [9.17, 15) is 28.0 Å². The number of halogens is 6. The quantitative estimate of drug-likeness (QED) is 0.269. The van der Waals surface area contributed by atoms with Crippen molar-refractivity contribution < 1.29 is 37.4 Å². The molecule has 2 heterocycles. The highest BCUT2D eigenvalue weighted by Gasteiger charge is 2.57. The number of benzene rings is 2. The van der Waals surface area contributed by atoms with E-state index in [1.807, 2.05) is 0 Å². The summed E-state index contributed by atoms with van der Waals surface area (Å²) in [7, 11) is 1.35. The van der Waals surface area contributed by atoms with Gasteiger partial charge in [0.05, 0.1) is 40.5 Å². The van der Waals surface area contributed by atoms with Crippen molar-refractivity contribution in [2.45, 2.75) is 45.1 Å². The van der Waals surface area contributed by atoms with Crippen LogP contribution >= 0.6 is 46.4 Å². The zero-order valence-electron chi connectivity index (χ0n) is 23.4. The number of amides is 3. The molecule has 0 aliphatic carbocycles. The monoisotopic (exact) mass is 679 g/mol. The molecule has 1 fully saturated rings. The molecule has 232 valence electrons. The van der Waals surface area contributed by atoms with Gasteiger partial charge in [-0.2, -0.15) is 0 Å². The first kappa shape index (κ1) is 33.0. The van der Waals surface area contributed by atoms with E-state index < -0.39 is 72.9 Å². The first-order chi connectivity index (χ1) is 19.9. The van der Waals surface area contributed by atoms with Crippen LogP contribution < -0.4 is 10.2 Å². The van der Waals surface area contributed by atoms with Gasteiger partial charge in [0.1, 0.15) is 0 Å². The van der Waals surface area contributed by atoms with Crippen molar-refractivity contribution in [3.63, 3.8) is 0 Å². The number of urea groups is 1. The molecule has 43 heavy (non-hydrogen) atoms. The van der Waals surface area contributed by atoms with Crippen LogP contribution in [-0.2, 0) is 23.9 Å². The van der Waals surface area contributed by atoms with Crippen LogP contribution in [0.1, 0.15) is 38.7 Å². The van der Waals surface area contributed by atoms with Crippen molar-refractivity contribution in [2.24, 2.45) is 11.3 Å². The molecule has 15 heteroatoms. The fourth-order valence-electron chi connectivity index (χ4n) is 5.07. The van der Waals surface area contributed by atoms with Gasteiger partial charge in [-0.05, 0) is 56.7 Å². The van der Waals surface area contributed by atoms with Crippen LogP contribution in [0, 0.1) is 11.3 Å². The number of nitrogens with zero attached hydrogens (tertiary/aromatic N) is 2. The van der Waals surface area contributed by atoms with E-state index in [1.54, 1.807) is 20.8 Å². The average Bonchev–Trinajstić information content (AvgIpc) is 3.20. The molecular formula is C28H27Cl4F2N3O6. The molecule has 4 rings (SSSR count). The lowest BCUT2D eigenvalue weighted by atomic mass is 9.77. The zero-order valence-corrected chi connectivity index (χ0v) is 26.4. The topological polar surface area (TPSA) is 105 Å².